The minimum atomic E-state index is -0.411. The molecule has 0 aliphatic carbocycles. The van der Waals surface area contributed by atoms with E-state index in [0.717, 1.165) is 22.3 Å². The van der Waals surface area contributed by atoms with Crippen molar-refractivity contribution in [2.75, 3.05) is 40.5 Å². The summed E-state index contributed by atoms with van der Waals surface area (Å²) in [7, 11) is 6.96. The summed E-state index contributed by atoms with van der Waals surface area (Å²) in [6.45, 7) is 6.23. The number of amides is 1. The molecule has 12 nitrogen and oxygen atoms in total. The highest BCUT2D eigenvalue weighted by molar-refractivity contribution is 6.32. The first-order valence-electron chi connectivity index (χ1n) is 14.3. The first kappa shape index (κ1) is 31.3. The molecule has 1 atom stereocenters. The van der Waals surface area contributed by atoms with Gasteiger partial charge in [-0.1, -0.05) is 17.7 Å². The molecule has 0 radical (unpaired) electrons. The third-order valence-electron chi connectivity index (χ3n) is 7.53. The van der Waals surface area contributed by atoms with Gasteiger partial charge in [-0.15, -0.1) is 0 Å². The van der Waals surface area contributed by atoms with Gasteiger partial charge in [-0.05, 0) is 50.6 Å². The molecular formula is C32H35ClN10O2. The summed E-state index contributed by atoms with van der Waals surface area (Å²) < 4.78 is 8.09. The molecule has 0 saturated heterocycles. The van der Waals surface area contributed by atoms with Crippen LogP contribution in [-0.2, 0) is 0 Å². The van der Waals surface area contributed by atoms with Gasteiger partial charge >= 0.3 is 0 Å². The predicted molar refractivity (Wildman–Crippen MR) is 176 cm³/mol. The van der Waals surface area contributed by atoms with Crippen LogP contribution >= 0.6 is 11.6 Å². The Bertz CT molecular complexity index is 1900. The van der Waals surface area contributed by atoms with Crippen molar-refractivity contribution in [2.45, 2.75) is 26.8 Å². The Morgan fingerprint density at radius 3 is 2.29 bits per heavy atom. The fourth-order valence-corrected chi connectivity index (χ4v) is 5.31. The second kappa shape index (κ2) is 12.5. The van der Waals surface area contributed by atoms with E-state index in [9.17, 15) is 4.79 Å². The average molecular weight is 627 g/mol. The van der Waals surface area contributed by atoms with Crippen molar-refractivity contribution in [3.05, 3.63) is 76.6 Å². The van der Waals surface area contributed by atoms with Gasteiger partial charge in [-0.3, -0.25) is 20.2 Å². The molecule has 0 spiro atoms. The molecule has 1 unspecified atom stereocenters. The number of nitrogens with two attached hydrogens (primary N) is 1. The van der Waals surface area contributed by atoms with E-state index in [1.54, 1.807) is 62.3 Å². The van der Waals surface area contributed by atoms with E-state index in [0.29, 0.717) is 51.1 Å². The maximum absolute atomic E-state index is 12.5. The van der Waals surface area contributed by atoms with Crippen molar-refractivity contribution >= 4 is 40.2 Å². The van der Waals surface area contributed by atoms with Gasteiger partial charge in [0.1, 0.15) is 40.8 Å². The molecule has 4 heterocycles. The summed E-state index contributed by atoms with van der Waals surface area (Å²) in [6, 6.07) is 8.65. The fraction of sp³-hybridized carbons (Fsp3) is 0.281. The number of pyridine rings is 2. The van der Waals surface area contributed by atoms with E-state index in [-0.39, 0.29) is 17.6 Å². The lowest BCUT2D eigenvalue weighted by Gasteiger charge is -2.23. The monoisotopic (exact) mass is 626 g/mol. The number of amidine groups is 1. The van der Waals surface area contributed by atoms with Crippen molar-refractivity contribution in [1.29, 1.82) is 5.41 Å². The van der Waals surface area contributed by atoms with E-state index >= 15 is 0 Å². The van der Waals surface area contributed by atoms with Gasteiger partial charge in [0.05, 0.1) is 18.0 Å². The van der Waals surface area contributed by atoms with Crippen molar-refractivity contribution in [3.63, 3.8) is 0 Å². The summed E-state index contributed by atoms with van der Waals surface area (Å²) in [5.41, 5.74) is 12.2. The molecule has 0 saturated carbocycles. The predicted octanol–water partition coefficient (Wildman–Crippen LogP) is 5.09. The molecule has 45 heavy (non-hydrogen) atoms. The summed E-state index contributed by atoms with van der Waals surface area (Å²) in [6.07, 6.45) is 4.74. The number of hydrogen-bond donors (Lipinski definition) is 2. The van der Waals surface area contributed by atoms with Crippen LogP contribution in [0.2, 0.25) is 5.02 Å². The highest BCUT2D eigenvalue weighted by Gasteiger charge is 2.27. The SMILES string of the molecule is CCOc1c(C(C)n2nc(-c3ccc(C(=N)N(C)C)nc3)c3c(N)ncnc32)cc(Cl)c(C)c1-c1ccc(C(=O)N(C)C)nc1. The van der Waals surface area contributed by atoms with Crippen LogP contribution in [0.15, 0.2) is 49.1 Å². The van der Waals surface area contributed by atoms with Crippen LogP contribution in [0.5, 0.6) is 5.75 Å². The van der Waals surface area contributed by atoms with Crippen LogP contribution in [0.1, 0.15) is 47.2 Å². The number of carbonyl (C=O) groups is 1. The number of nitrogens with one attached hydrogen (secondary N) is 1. The molecule has 0 aliphatic heterocycles. The van der Waals surface area contributed by atoms with Crippen LogP contribution in [0.4, 0.5) is 5.82 Å². The second-order valence-electron chi connectivity index (χ2n) is 10.9. The van der Waals surface area contributed by atoms with Crippen molar-refractivity contribution in [3.8, 4) is 28.1 Å². The lowest BCUT2D eigenvalue weighted by Crippen LogP contribution is -2.22. The third-order valence-corrected chi connectivity index (χ3v) is 7.93. The van der Waals surface area contributed by atoms with Crippen LogP contribution in [0, 0.1) is 12.3 Å². The first-order chi connectivity index (χ1) is 21.4. The average Bonchev–Trinajstić information content (AvgIpc) is 3.43. The van der Waals surface area contributed by atoms with Crippen LogP contribution in [0.25, 0.3) is 33.4 Å². The Morgan fingerprint density at radius 2 is 1.69 bits per heavy atom. The second-order valence-corrected chi connectivity index (χ2v) is 11.4. The van der Waals surface area contributed by atoms with Gasteiger partial charge in [-0.25, -0.2) is 14.6 Å². The van der Waals surface area contributed by atoms with E-state index in [1.807, 2.05) is 39.0 Å². The molecule has 0 aliphatic rings. The lowest BCUT2D eigenvalue weighted by atomic mass is 9.94. The number of benzene rings is 1. The Labute approximate surface area is 266 Å². The maximum atomic E-state index is 12.5. The molecule has 13 heteroatoms. The molecule has 5 rings (SSSR count). The number of carbonyl (C=O) groups excluding carboxylic acids is 1. The molecule has 0 fully saturated rings. The molecule has 1 aromatic carbocycles. The van der Waals surface area contributed by atoms with Gasteiger partial charge in [0.25, 0.3) is 5.91 Å². The van der Waals surface area contributed by atoms with E-state index in [1.165, 1.54) is 11.2 Å². The highest BCUT2D eigenvalue weighted by Crippen LogP contribution is 2.44. The van der Waals surface area contributed by atoms with E-state index in [4.69, 9.17) is 32.6 Å². The summed E-state index contributed by atoms with van der Waals surface area (Å²) >= 11 is 6.86. The minimum Gasteiger partial charge on any atom is -0.493 e. The number of ether oxygens (including phenoxy) is 1. The van der Waals surface area contributed by atoms with Crippen LogP contribution in [-0.4, -0.2) is 86.1 Å². The highest BCUT2D eigenvalue weighted by atomic mass is 35.5. The number of aromatic nitrogens is 6. The van der Waals surface area contributed by atoms with Crippen molar-refractivity contribution in [2.24, 2.45) is 0 Å². The van der Waals surface area contributed by atoms with Crippen LogP contribution < -0.4 is 10.5 Å². The number of nitrogen functional groups attached to an aromatic ring is 1. The smallest absolute Gasteiger partial charge is 0.271 e. The Hall–Kier alpha value is -5.10. The van der Waals surface area contributed by atoms with Gasteiger partial charge < -0.3 is 20.3 Å². The molecule has 232 valence electrons. The van der Waals surface area contributed by atoms with Crippen molar-refractivity contribution in [1.82, 2.24) is 39.5 Å². The number of rotatable bonds is 8. The fourth-order valence-electron chi connectivity index (χ4n) is 5.10. The van der Waals surface area contributed by atoms with Gasteiger partial charge in [-0.2, -0.15) is 5.10 Å². The standard InChI is InChI=1S/C32H35ClN10O2/c1-8-45-28-21(13-22(33)17(2)25(28)19-9-12-24(37-14-19)32(44)42(6)7)18(3)43-31-26(29(34)38-16-39-31)27(40-43)20-10-11-23(36-15-20)30(35)41(4)5/h9-16,18,35H,8H2,1-7H3,(H2,34,38,39). The topological polar surface area (TPSA) is 152 Å². The first-order valence-corrected chi connectivity index (χ1v) is 14.7. The molecular weight excluding hydrogens is 592 g/mol. The third kappa shape index (κ3) is 5.76. The number of hydrogen-bond acceptors (Lipinski definition) is 9. The molecule has 0 bridgehead atoms. The van der Waals surface area contributed by atoms with Gasteiger partial charge in [0.15, 0.2) is 5.65 Å². The Kier molecular flexibility index (Phi) is 8.69. The number of nitrogens with zero attached hydrogens (tertiary/aromatic N) is 8. The summed E-state index contributed by atoms with van der Waals surface area (Å²) in [5, 5.41) is 14.4. The summed E-state index contributed by atoms with van der Waals surface area (Å²) in [5.74, 6) is 1.01. The van der Waals surface area contributed by atoms with Crippen LogP contribution in [0.3, 0.4) is 0 Å². The zero-order chi connectivity index (χ0) is 32.6. The molecule has 1 amide bonds. The maximum Gasteiger partial charge on any atom is 0.271 e. The quantitative estimate of drug-likeness (QED) is 0.177. The number of fused-ring (bicyclic) bond motifs is 1. The van der Waals surface area contributed by atoms with Gasteiger partial charge in [0, 0.05) is 67.9 Å². The van der Waals surface area contributed by atoms with E-state index < -0.39 is 6.04 Å². The Balaban J connectivity index is 1.66. The van der Waals surface area contributed by atoms with E-state index in [2.05, 4.69) is 19.9 Å². The molecule has 3 N–H and O–H groups in total. The lowest BCUT2D eigenvalue weighted by molar-refractivity contribution is 0.0822. The molecule has 5 aromatic rings. The summed E-state index contributed by atoms with van der Waals surface area (Å²) in [4.78, 5) is 33.4. The zero-order valence-electron chi connectivity index (χ0n) is 26.3. The Morgan fingerprint density at radius 1 is 1.02 bits per heavy atom. The minimum absolute atomic E-state index is 0.188. The number of anilines is 1. The molecule has 4 aromatic heterocycles. The normalized spacial score (nSPS) is 11.8. The van der Waals surface area contributed by atoms with Crippen molar-refractivity contribution < 1.29 is 9.53 Å². The zero-order valence-corrected chi connectivity index (χ0v) is 27.0. The number of halogens is 1. The largest absolute Gasteiger partial charge is 0.493 e. The van der Waals surface area contributed by atoms with Gasteiger partial charge in [0.2, 0.25) is 0 Å².